The van der Waals surface area contributed by atoms with E-state index < -0.39 is 24.3 Å². The minimum Gasteiger partial charge on any atom is -0.497 e. The molecular weight excluding hydrogens is 373 g/mol. The SMILES string of the molecule is COc1ccc(C(=O)OCC(=O)Nc2ccccc2Cc2ccccc2)c(F)c1. The quantitative estimate of drug-likeness (QED) is 0.611. The highest BCUT2D eigenvalue weighted by molar-refractivity contribution is 5.96. The summed E-state index contributed by atoms with van der Waals surface area (Å²) in [6.45, 7) is -0.524. The Labute approximate surface area is 168 Å². The smallest absolute Gasteiger partial charge is 0.341 e. The number of benzene rings is 3. The van der Waals surface area contributed by atoms with Gasteiger partial charge in [-0.05, 0) is 35.7 Å². The van der Waals surface area contributed by atoms with Crippen molar-refractivity contribution in [1.82, 2.24) is 0 Å². The van der Waals surface area contributed by atoms with Crippen molar-refractivity contribution in [2.45, 2.75) is 6.42 Å². The van der Waals surface area contributed by atoms with Crippen molar-refractivity contribution < 1.29 is 23.5 Å². The predicted molar refractivity (Wildman–Crippen MR) is 108 cm³/mol. The zero-order valence-electron chi connectivity index (χ0n) is 15.9. The molecule has 29 heavy (non-hydrogen) atoms. The molecule has 0 aliphatic rings. The third-order valence-corrected chi connectivity index (χ3v) is 4.26. The average molecular weight is 393 g/mol. The second-order valence-electron chi connectivity index (χ2n) is 6.29. The molecule has 0 atom stereocenters. The highest BCUT2D eigenvalue weighted by Gasteiger charge is 2.16. The van der Waals surface area contributed by atoms with Gasteiger partial charge in [0, 0.05) is 11.8 Å². The van der Waals surface area contributed by atoms with E-state index >= 15 is 0 Å². The Morgan fingerprint density at radius 1 is 0.966 bits per heavy atom. The lowest BCUT2D eigenvalue weighted by molar-refractivity contribution is -0.119. The molecular formula is C23H20FNO4. The Balaban J connectivity index is 1.61. The first-order chi connectivity index (χ1) is 14.1. The first-order valence-electron chi connectivity index (χ1n) is 8.99. The van der Waals surface area contributed by atoms with Crippen molar-refractivity contribution in [3.05, 3.63) is 95.3 Å². The largest absolute Gasteiger partial charge is 0.497 e. The van der Waals surface area contributed by atoms with Crippen LogP contribution in [0.3, 0.4) is 0 Å². The molecule has 148 valence electrons. The van der Waals surface area contributed by atoms with Crippen molar-refractivity contribution >= 4 is 17.6 Å². The van der Waals surface area contributed by atoms with Crippen LogP contribution in [-0.2, 0) is 16.0 Å². The topological polar surface area (TPSA) is 64.6 Å². The summed E-state index contributed by atoms with van der Waals surface area (Å²) in [5.41, 5.74) is 2.41. The first-order valence-corrected chi connectivity index (χ1v) is 8.99. The summed E-state index contributed by atoms with van der Waals surface area (Å²) >= 11 is 0. The number of hydrogen-bond donors (Lipinski definition) is 1. The number of para-hydroxylation sites is 1. The second kappa shape index (κ2) is 9.50. The summed E-state index contributed by atoms with van der Waals surface area (Å²) in [6.07, 6.45) is 0.647. The van der Waals surface area contributed by atoms with E-state index in [4.69, 9.17) is 9.47 Å². The number of rotatable bonds is 7. The molecule has 1 N–H and O–H groups in total. The molecule has 0 aliphatic heterocycles. The lowest BCUT2D eigenvalue weighted by Gasteiger charge is -2.12. The van der Waals surface area contributed by atoms with Crippen LogP contribution in [0.15, 0.2) is 72.8 Å². The fourth-order valence-electron chi connectivity index (χ4n) is 2.80. The lowest BCUT2D eigenvalue weighted by atomic mass is 10.0. The number of carbonyl (C=O) groups is 2. The zero-order valence-corrected chi connectivity index (χ0v) is 15.9. The number of nitrogens with one attached hydrogen (secondary N) is 1. The maximum atomic E-state index is 13.9. The van der Waals surface area contributed by atoms with Gasteiger partial charge in [-0.2, -0.15) is 0 Å². The van der Waals surface area contributed by atoms with Gasteiger partial charge in [0.2, 0.25) is 0 Å². The maximum absolute atomic E-state index is 13.9. The van der Waals surface area contributed by atoms with Crippen LogP contribution in [0, 0.1) is 5.82 Å². The number of esters is 1. The Kier molecular flexibility index (Phi) is 6.58. The molecule has 3 aromatic rings. The highest BCUT2D eigenvalue weighted by atomic mass is 19.1. The molecule has 5 nitrogen and oxygen atoms in total. The molecule has 0 aliphatic carbocycles. The van der Waals surface area contributed by atoms with E-state index in [1.807, 2.05) is 48.5 Å². The fraction of sp³-hybridized carbons (Fsp3) is 0.130. The summed E-state index contributed by atoms with van der Waals surface area (Å²) < 4.78 is 23.8. The molecule has 3 aromatic carbocycles. The molecule has 0 fully saturated rings. The van der Waals surface area contributed by atoms with Gasteiger partial charge in [0.05, 0.1) is 12.7 Å². The van der Waals surface area contributed by atoms with Crippen LogP contribution in [0.5, 0.6) is 5.75 Å². The third kappa shape index (κ3) is 5.42. The van der Waals surface area contributed by atoms with Gasteiger partial charge in [-0.3, -0.25) is 4.79 Å². The molecule has 6 heteroatoms. The van der Waals surface area contributed by atoms with Gasteiger partial charge in [-0.25, -0.2) is 9.18 Å². The Bertz CT molecular complexity index is 1000. The third-order valence-electron chi connectivity index (χ3n) is 4.26. The average Bonchev–Trinajstić information content (AvgIpc) is 2.74. The zero-order chi connectivity index (χ0) is 20.6. The first kappa shape index (κ1) is 20.1. The van der Waals surface area contributed by atoms with E-state index in [9.17, 15) is 14.0 Å². The van der Waals surface area contributed by atoms with Gasteiger partial charge in [-0.1, -0.05) is 48.5 Å². The van der Waals surface area contributed by atoms with Crippen LogP contribution in [0.25, 0.3) is 0 Å². The van der Waals surface area contributed by atoms with E-state index in [1.165, 1.54) is 19.2 Å². The summed E-state index contributed by atoms with van der Waals surface area (Å²) in [5.74, 6) is -1.92. The summed E-state index contributed by atoms with van der Waals surface area (Å²) in [4.78, 5) is 24.3. The van der Waals surface area contributed by atoms with Crippen molar-refractivity contribution in [2.75, 3.05) is 19.0 Å². The summed E-state index contributed by atoms with van der Waals surface area (Å²) in [5, 5.41) is 2.74. The lowest BCUT2D eigenvalue weighted by Crippen LogP contribution is -2.22. The Hall–Kier alpha value is -3.67. The minimum absolute atomic E-state index is 0.261. The number of halogens is 1. The molecule has 0 unspecified atom stereocenters. The van der Waals surface area contributed by atoms with Gasteiger partial charge in [0.15, 0.2) is 6.61 Å². The van der Waals surface area contributed by atoms with E-state index in [-0.39, 0.29) is 11.3 Å². The molecule has 0 bridgehead atoms. The summed E-state index contributed by atoms with van der Waals surface area (Å²) in [7, 11) is 1.40. The van der Waals surface area contributed by atoms with Crippen LogP contribution in [0.1, 0.15) is 21.5 Å². The molecule has 0 saturated heterocycles. The Morgan fingerprint density at radius 3 is 2.41 bits per heavy atom. The van der Waals surface area contributed by atoms with Crippen molar-refractivity contribution in [3.63, 3.8) is 0 Å². The van der Waals surface area contributed by atoms with Gasteiger partial charge in [-0.15, -0.1) is 0 Å². The fourth-order valence-corrected chi connectivity index (χ4v) is 2.80. The highest BCUT2D eigenvalue weighted by Crippen LogP contribution is 2.20. The van der Waals surface area contributed by atoms with Crippen LogP contribution in [-0.4, -0.2) is 25.6 Å². The monoisotopic (exact) mass is 393 g/mol. The normalized spacial score (nSPS) is 10.3. The molecule has 3 rings (SSSR count). The summed E-state index contributed by atoms with van der Waals surface area (Å²) in [6, 6.07) is 21.0. The van der Waals surface area contributed by atoms with Gasteiger partial charge >= 0.3 is 5.97 Å². The number of methoxy groups -OCH3 is 1. The standard InChI is InChI=1S/C23H20FNO4/c1-28-18-11-12-19(20(24)14-18)23(27)29-15-22(26)25-21-10-6-5-9-17(21)13-16-7-3-2-4-8-16/h2-12,14H,13,15H2,1H3,(H,25,26). The second-order valence-corrected chi connectivity index (χ2v) is 6.29. The molecule has 0 spiro atoms. The number of anilines is 1. The molecule has 1 amide bonds. The van der Waals surface area contributed by atoms with Gasteiger partial charge < -0.3 is 14.8 Å². The Morgan fingerprint density at radius 2 is 1.69 bits per heavy atom. The van der Waals surface area contributed by atoms with E-state index in [0.29, 0.717) is 12.1 Å². The van der Waals surface area contributed by atoms with Crippen molar-refractivity contribution in [2.24, 2.45) is 0 Å². The van der Waals surface area contributed by atoms with E-state index in [2.05, 4.69) is 5.32 Å². The molecule has 0 radical (unpaired) electrons. The van der Waals surface area contributed by atoms with Crippen molar-refractivity contribution in [3.8, 4) is 5.75 Å². The number of ether oxygens (including phenoxy) is 2. The van der Waals surface area contributed by atoms with Gasteiger partial charge in [0.25, 0.3) is 5.91 Å². The van der Waals surface area contributed by atoms with Crippen LogP contribution in [0.2, 0.25) is 0 Å². The predicted octanol–water partition coefficient (Wildman–Crippen LogP) is 4.22. The van der Waals surface area contributed by atoms with Crippen LogP contribution < -0.4 is 10.1 Å². The van der Waals surface area contributed by atoms with Gasteiger partial charge in [0.1, 0.15) is 11.6 Å². The molecule has 0 aromatic heterocycles. The minimum atomic E-state index is -0.919. The number of carbonyl (C=O) groups excluding carboxylic acids is 2. The van der Waals surface area contributed by atoms with Crippen LogP contribution in [0.4, 0.5) is 10.1 Å². The number of hydrogen-bond acceptors (Lipinski definition) is 4. The van der Waals surface area contributed by atoms with E-state index in [0.717, 1.165) is 17.2 Å². The molecule has 0 saturated carbocycles. The maximum Gasteiger partial charge on any atom is 0.341 e. The molecule has 0 heterocycles. The number of amides is 1. The van der Waals surface area contributed by atoms with Crippen molar-refractivity contribution in [1.29, 1.82) is 0 Å². The van der Waals surface area contributed by atoms with E-state index in [1.54, 1.807) is 6.07 Å². The van der Waals surface area contributed by atoms with Crippen LogP contribution >= 0.6 is 0 Å².